The number of carbonyl (C=O) groups excluding carboxylic acids is 1. The molecule has 0 unspecified atom stereocenters. The van der Waals surface area contributed by atoms with Gasteiger partial charge in [-0.05, 0) is 25.6 Å². The van der Waals surface area contributed by atoms with Gasteiger partial charge in [0.25, 0.3) is 0 Å². The van der Waals surface area contributed by atoms with Crippen molar-refractivity contribution in [3.63, 3.8) is 0 Å². The van der Waals surface area contributed by atoms with Crippen LogP contribution in [0.2, 0.25) is 0 Å². The highest BCUT2D eigenvalue weighted by molar-refractivity contribution is 7.71. The number of anilines is 1. The fourth-order valence-electron chi connectivity index (χ4n) is 2.69. The molecule has 2 aromatic rings. The zero-order valence-electron chi connectivity index (χ0n) is 15.5. The number of carbonyl (C=O) groups is 1. The first-order chi connectivity index (χ1) is 12.6. The van der Waals surface area contributed by atoms with Gasteiger partial charge in [0.15, 0.2) is 15.7 Å². The standard InChI is InChI=1S/C18H27N5OS2/c1-4-6-7-8-9-10-11-14(24)20-17-19-13(3)15(26-17)16-21-22-18(25)23(16)12-5-2/h5H,2,4,6-12H2,1,3H3,(H,22,25)(H,19,20,24). The topological polar surface area (TPSA) is 75.6 Å². The third-order valence-corrected chi connectivity index (χ3v) is 5.45. The lowest BCUT2D eigenvalue weighted by atomic mass is 10.1. The van der Waals surface area contributed by atoms with E-state index in [9.17, 15) is 4.79 Å². The normalized spacial score (nSPS) is 10.8. The molecule has 0 aromatic carbocycles. The Bertz CT molecular complexity index is 790. The largest absolute Gasteiger partial charge is 0.302 e. The van der Waals surface area contributed by atoms with Crippen LogP contribution in [-0.2, 0) is 11.3 Å². The molecule has 26 heavy (non-hydrogen) atoms. The zero-order valence-corrected chi connectivity index (χ0v) is 17.1. The van der Waals surface area contributed by atoms with Crippen molar-refractivity contribution in [2.24, 2.45) is 0 Å². The van der Waals surface area contributed by atoms with Gasteiger partial charge in [-0.25, -0.2) is 4.98 Å². The van der Waals surface area contributed by atoms with Crippen LogP contribution in [0.25, 0.3) is 10.7 Å². The summed E-state index contributed by atoms with van der Waals surface area (Å²) in [5.41, 5.74) is 0.823. The average molecular weight is 394 g/mol. The zero-order chi connectivity index (χ0) is 18.9. The Morgan fingerprint density at radius 3 is 2.81 bits per heavy atom. The third-order valence-electron chi connectivity index (χ3n) is 4.07. The van der Waals surface area contributed by atoms with E-state index in [1.54, 1.807) is 6.08 Å². The van der Waals surface area contributed by atoms with Crippen molar-refractivity contribution in [1.82, 2.24) is 19.7 Å². The first-order valence-electron chi connectivity index (χ1n) is 9.10. The molecule has 2 aromatic heterocycles. The summed E-state index contributed by atoms with van der Waals surface area (Å²) in [6, 6.07) is 0. The molecule has 0 saturated carbocycles. The van der Waals surface area contributed by atoms with E-state index in [1.807, 2.05) is 11.5 Å². The van der Waals surface area contributed by atoms with Crippen molar-refractivity contribution in [2.75, 3.05) is 5.32 Å². The van der Waals surface area contributed by atoms with Crippen LogP contribution in [0.5, 0.6) is 0 Å². The van der Waals surface area contributed by atoms with Crippen molar-refractivity contribution >= 4 is 34.6 Å². The Balaban J connectivity index is 1.95. The molecule has 2 N–H and O–H groups in total. The number of hydrogen-bond acceptors (Lipinski definition) is 5. The number of thiazole rings is 1. The van der Waals surface area contributed by atoms with Gasteiger partial charge in [0.05, 0.1) is 10.6 Å². The third kappa shape index (κ3) is 5.60. The Labute approximate surface area is 163 Å². The highest BCUT2D eigenvalue weighted by Crippen LogP contribution is 2.31. The van der Waals surface area contributed by atoms with Crippen LogP contribution in [0.15, 0.2) is 12.7 Å². The molecule has 8 heteroatoms. The van der Waals surface area contributed by atoms with E-state index < -0.39 is 0 Å². The number of nitrogens with one attached hydrogen (secondary N) is 2. The van der Waals surface area contributed by atoms with Gasteiger partial charge in [-0.1, -0.05) is 56.4 Å². The van der Waals surface area contributed by atoms with Crippen LogP contribution in [0.4, 0.5) is 5.13 Å². The van der Waals surface area contributed by atoms with Gasteiger partial charge in [0.2, 0.25) is 5.91 Å². The first-order valence-corrected chi connectivity index (χ1v) is 10.3. The lowest BCUT2D eigenvalue weighted by Crippen LogP contribution is -2.10. The van der Waals surface area contributed by atoms with Gasteiger partial charge in [0.1, 0.15) is 0 Å². The van der Waals surface area contributed by atoms with Gasteiger partial charge in [-0.3, -0.25) is 14.5 Å². The number of unbranched alkanes of at least 4 members (excludes halogenated alkanes) is 5. The molecule has 0 aliphatic carbocycles. The van der Waals surface area contributed by atoms with Crippen LogP contribution < -0.4 is 5.32 Å². The summed E-state index contributed by atoms with van der Waals surface area (Å²) < 4.78 is 2.41. The minimum Gasteiger partial charge on any atom is -0.302 e. The van der Waals surface area contributed by atoms with Crippen LogP contribution in [0, 0.1) is 11.7 Å². The summed E-state index contributed by atoms with van der Waals surface area (Å²) in [6.45, 7) is 8.43. The molecular formula is C18H27N5OS2. The van der Waals surface area contributed by atoms with E-state index in [0.717, 1.165) is 29.2 Å². The number of amides is 1. The predicted molar refractivity (Wildman–Crippen MR) is 110 cm³/mol. The van der Waals surface area contributed by atoms with Gasteiger partial charge in [-0.2, -0.15) is 5.10 Å². The summed E-state index contributed by atoms with van der Waals surface area (Å²) in [5.74, 6) is 0.743. The number of aromatic amines is 1. The van der Waals surface area contributed by atoms with E-state index in [2.05, 4.69) is 34.0 Å². The van der Waals surface area contributed by atoms with E-state index in [4.69, 9.17) is 12.2 Å². The van der Waals surface area contributed by atoms with Crippen molar-refractivity contribution < 1.29 is 4.79 Å². The smallest absolute Gasteiger partial charge is 0.226 e. The molecule has 0 saturated heterocycles. The molecule has 0 atom stereocenters. The summed E-state index contributed by atoms with van der Waals surface area (Å²) in [4.78, 5) is 17.5. The first kappa shape index (κ1) is 20.5. The maximum Gasteiger partial charge on any atom is 0.226 e. The summed E-state index contributed by atoms with van der Waals surface area (Å²) >= 11 is 6.67. The van der Waals surface area contributed by atoms with Gasteiger partial charge in [0, 0.05) is 13.0 Å². The molecule has 0 aliphatic rings. The minimum atomic E-state index is 0.0192. The fraction of sp³-hybridized carbons (Fsp3) is 0.556. The van der Waals surface area contributed by atoms with E-state index in [0.29, 0.717) is 22.9 Å². The minimum absolute atomic E-state index is 0.0192. The second-order valence-corrected chi connectivity index (χ2v) is 7.64. The molecule has 0 radical (unpaired) electrons. The average Bonchev–Trinajstić information content (AvgIpc) is 3.14. The molecule has 142 valence electrons. The molecule has 6 nitrogen and oxygen atoms in total. The number of aryl methyl sites for hydroxylation is 1. The number of hydrogen-bond donors (Lipinski definition) is 2. The number of rotatable bonds is 11. The molecule has 0 fully saturated rings. The van der Waals surface area contributed by atoms with E-state index in [1.165, 1.54) is 37.0 Å². The van der Waals surface area contributed by atoms with Crippen LogP contribution in [0.3, 0.4) is 0 Å². The molecule has 2 rings (SSSR count). The highest BCUT2D eigenvalue weighted by atomic mass is 32.1. The lowest BCUT2D eigenvalue weighted by Gasteiger charge is -2.02. The Kier molecular flexibility index (Phi) is 8.18. The number of allylic oxidation sites excluding steroid dienone is 1. The van der Waals surface area contributed by atoms with E-state index >= 15 is 0 Å². The van der Waals surface area contributed by atoms with Crippen molar-refractivity contribution in [3.8, 4) is 10.7 Å². The number of H-pyrrole nitrogens is 1. The van der Waals surface area contributed by atoms with E-state index in [-0.39, 0.29) is 5.91 Å². The van der Waals surface area contributed by atoms with Gasteiger partial charge >= 0.3 is 0 Å². The fourth-order valence-corrected chi connectivity index (χ4v) is 3.88. The second kappa shape index (κ2) is 10.4. The number of aromatic nitrogens is 4. The summed E-state index contributed by atoms with van der Waals surface area (Å²) in [5, 5.41) is 10.6. The SMILES string of the molecule is C=CCn1c(-c2sc(NC(=O)CCCCCCCC)nc2C)n[nH]c1=S. The highest BCUT2D eigenvalue weighted by Gasteiger charge is 2.17. The molecule has 2 heterocycles. The molecule has 0 bridgehead atoms. The second-order valence-electron chi connectivity index (χ2n) is 6.25. The Morgan fingerprint density at radius 2 is 2.08 bits per heavy atom. The van der Waals surface area contributed by atoms with Crippen LogP contribution in [0.1, 0.15) is 57.6 Å². The quantitative estimate of drug-likeness (QED) is 0.311. The summed E-state index contributed by atoms with van der Waals surface area (Å²) in [7, 11) is 0. The molecule has 1 amide bonds. The van der Waals surface area contributed by atoms with Crippen LogP contribution in [-0.4, -0.2) is 25.7 Å². The van der Waals surface area contributed by atoms with Crippen molar-refractivity contribution in [3.05, 3.63) is 23.1 Å². The maximum atomic E-state index is 12.1. The van der Waals surface area contributed by atoms with Crippen molar-refractivity contribution in [2.45, 2.75) is 65.3 Å². The summed E-state index contributed by atoms with van der Waals surface area (Å²) in [6.07, 6.45) is 9.31. The molecule has 0 aliphatic heterocycles. The Morgan fingerprint density at radius 1 is 1.35 bits per heavy atom. The van der Waals surface area contributed by atoms with Crippen LogP contribution >= 0.6 is 23.6 Å². The van der Waals surface area contributed by atoms with Crippen molar-refractivity contribution in [1.29, 1.82) is 0 Å². The molecule has 0 spiro atoms. The maximum absolute atomic E-state index is 12.1. The molecular weight excluding hydrogens is 366 g/mol. The predicted octanol–water partition coefficient (Wildman–Crippen LogP) is 5.25. The van der Waals surface area contributed by atoms with Gasteiger partial charge in [-0.15, -0.1) is 6.58 Å². The monoisotopic (exact) mass is 393 g/mol. The van der Waals surface area contributed by atoms with Gasteiger partial charge < -0.3 is 5.32 Å². The number of nitrogens with zero attached hydrogens (tertiary/aromatic N) is 3. The Hall–Kier alpha value is -1.80. The lowest BCUT2D eigenvalue weighted by molar-refractivity contribution is -0.116.